The molecular formula is C40H40BF12N. The standard InChI is InChI=1S/C24H8BF12.C16H31N/c26-9-1-5-13(30)21(34)17(9)25(18-10(27)2-6-14(31)22(18)35,19-11(28)3-7-15(32)23(19)36)20-12(29)4-8-16(33)24(20)37;1-3-15(11-7-5-8-12-15)17-16(4-2)13-9-6-10-14-16/h1-8H;17H,3-14H2,1-2H3/q-1;/p+1. The van der Waals surface area contributed by atoms with Crippen LogP contribution in [-0.2, 0) is 0 Å². The second-order valence-corrected chi connectivity index (χ2v) is 14.6. The summed E-state index contributed by atoms with van der Waals surface area (Å²) in [5.74, 6) is -26.6. The van der Waals surface area contributed by atoms with Gasteiger partial charge in [0.1, 0.15) is 29.4 Å². The first-order chi connectivity index (χ1) is 25.6. The molecule has 0 heterocycles. The van der Waals surface area contributed by atoms with Gasteiger partial charge in [-0.3, -0.25) is 0 Å². The molecule has 2 aliphatic carbocycles. The Morgan fingerprint density at radius 3 is 0.833 bits per heavy atom. The van der Waals surface area contributed by atoms with Gasteiger partial charge in [-0.25, -0.2) is 52.7 Å². The second kappa shape index (κ2) is 16.4. The number of benzene rings is 4. The highest BCUT2D eigenvalue weighted by atomic mass is 19.2. The number of halogens is 12. The van der Waals surface area contributed by atoms with E-state index in [-0.39, 0.29) is 48.5 Å². The molecule has 292 valence electrons. The van der Waals surface area contributed by atoms with Gasteiger partial charge in [-0.2, -0.15) is 0 Å². The molecule has 0 spiro atoms. The van der Waals surface area contributed by atoms with Crippen LogP contribution in [0.3, 0.4) is 0 Å². The van der Waals surface area contributed by atoms with Crippen molar-refractivity contribution >= 4 is 28.0 Å². The number of hydrogen-bond donors (Lipinski definition) is 1. The summed E-state index contributed by atoms with van der Waals surface area (Å²) in [7, 11) is 0. The van der Waals surface area contributed by atoms with Crippen molar-refractivity contribution in [3.8, 4) is 0 Å². The zero-order valence-electron chi connectivity index (χ0n) is 29.8. The average molecular weight is 774 g/mol. The van der Waals surface area contributed by atoms with Crippen molar-refractivity contribution in [2.45, 2.75) is 102 Å². The third-order valence-electron chi connectivity index (χ3n) is 11.8. The SMILES string of the molecule is CCC1([NH2+]C2(CC)CCCCC2)CCCCC1.Fc1ccc(F)c([B-](c2c(F)ccc(F)c2F)(c2c(F)ccc(F)c2F)c2c(F)ccc(F)c2F)c1F. The fraction of sp³-hybridized carbons (Fsp3) is 0.400. The van der Waals surface area contributed by atoms with Crippen LogP contribution in [0.5, 0.6) is 0 Å². The highest BCUT2D eigenvalue weighted by Crippen LogP contribution is 2.33. The Bertz CT molecular complexity index is 1730. The molecule has 0 radical (unpaired) electrons. The normalized spacial score (nSPS) is 16.9. The highest BCUT2D eigenvalue weighted by Gasteiger charge is 2.48. The number of quaternary nitrogens is 1. The average Bonchev–Trinajstić information content (AvgIpc) is 3.16. The van der Waals surface area contributed by atoms with Crippen LogP contribution in [0.2, 0.25) is 0 Å². The summed E-state index contributed by atoms with van der Waals surface area (Å²) in [5, 5.41) is 2.87. The molecular weight excluding hydrogens is 733 g/mol. The number of rotatable bonds is 8. The molecule has 14 heteroatoms. The minimum atomic E-state index is -5.46. The van der Waals surface area contributed by atoms with E-state index in [2.05, 4.69) is 19.2 Å². The number of nitrogens with two attached hydrogens (primary N) is 1. The molecule has 2 aliphatic rings. The minimum absolute atomic E-state index is 0.0591. The highest BCUT2D eigenvalue weighted by molar-refractivity contribution is 7.20. The first kappa shape index (κ1) is 41.2. The first-order valence-corrected chi connectivity index (χ1v) is 18.2. The van der Waals surface area contributed by atoms with E-state index in [0.29, 0.717) is 11.1 Å². The van der Waals surface area contributed by atoms with Gasteiger partial charge in [-0.05, 0) is 87.1 Å². The smallest absolute Gasteiger partial charge is 0.155 e. The van der Waals surface area contributed by atoms with E-state index in [1.807, 2.05) is 0 Å². The van der Waals surface area contributed by atoms with Gasteiger partial charge in [0.05, 0.1) is 34.3 Å². The molecule has 0 bridgehead atoms. The van der Waals surface area contributed by atoms with Crippen LogP contribution in [0.15, 0.2) is 48.5 Å². The van der Waals surface area contributed by atoms with Gasteiger partial charge in [0.15, 0.2) is 23.3 Å². The lowest BCUT2D eigenvalue weighted by Gasteiger charge is -2.45. The fourth-order valence-electron chi connectivity index (χ4n) is 8.99. The summed E-state index contributed by atoms with van der Waals surface area (Å²) in [4.78, 5) is 0. The Balaban J connectivity index is 0.000000274. The van der Waals surface area contributed by atoms with E-state index in [1.54, 1.807) is 0 Å². The Kier molecular flexibility index (Phi) is 12.5. The maximum atomic E-state index is 15.3. The third-order valence-corrected chi connectivity index (χ3v) is 11.8. The van der Waals surface area contributed by atoms with Crippen LogP contribution < -0.4 is 27.2 Å². The maximum Gasteiger partial charge on any atom is 0.155 e. The molecule has 2 saturated carbocycles. The predicted molar refractivity (Wildman–Crippen MR) is 184 cm³/mol. The third kappa shape index (κ3) is 7.39. The van der Waals surface area contributed by atoms with Crippen LogP contribution >= 0.6 is 0 Å². The maximum absolute atomic E-state index is 15.3. The second-order valence-electron chi connectivity index (χ2n) is 14.6. The molecule has 54 heavy (non-hydrogen) atoms. The summed E-state index contributed by atoms with van der Waals surface area (Å²) >= 11 is 0. The zero-order chi connectivity index (χ0) is 39.6. The molecule has 0 atom stereocenters. The van der Waals surface area contributed by atoms with Crippen molar-refractivity contribution in [3.63, 3.8) is 0 Å². The molecule has 2 fully saturated rings. The van der Waals surface area contributed by atoms with E-state index < -0.39 is 97.8 Å². The van der Waals surface area contributed by atoms with Gasteiger partial charge in [0, 0.05) is 25.7 Å². The van der Waals surface area contributed by atoms with Crippen molar-refractivity contribution in [2.24, 2.45) is 0 Å². The van der Waals surface area contributed by atoms with Crippen LogP contribution in [0.25, 0.3) is 0 Å². The largest absolute Gasteiger partial charge is 0.337 e. The molecule has 0 unspecified atom stereocenters. The van der Waals surface area contributed by atoms with Gasteiger partial charge < -0.3 is 5.32 Å². The van der Waals surface area contributed by atoms with Crippen LogP contribution in [0, 0.1) is 69.8 Å². The van der Waals surface area contributed by atoms with Gasteiger partial charge in [0.25, 0.3) is 0 Å². The lowest BCUT2D eigenvalue weighted by atomic mass is 9.12. The Morgan fingerprint density at radius 1 is 0.389 bits per heavy atom. The zero-order valence-corrected chi connectivity index (χ0v) is 29.8. The fourth-order valence-corrected chi connectivity index (χ4v) is 8.99. The molecule has 0 amide bonds. The van der Waals surface area contributed by atoms with Crippen molar-refractivity contribution < 1.29 is 58.0 Å². The van der Waals surface area contributed by atoms with Crippen LogP contribution in [0.1, 0.15) is 90.9 Å². The summed E-state index contributed by atoms with van der Waals surface area (Å²) in [6.45, 7) is 4.85. The Hall–Kier alpha value is -3.94. The lowest BCUT2D eigenvalue weighted by molar-refractivity contribution is -0.796. The van der Waals surface area contributed by atoms with E-state index in [9.17, 15) is 17.6 Å². The van der Waals surface area contributed by atoms with Crippen molar-refractivity contribution in [1.82, 2.24) is 0 Å². The summed E-state index contributed by atoms with van der Waals surface area (Å²) < 4.78 is 180. The van der Waals surface area contributed by atoms with Crippen LogP contribution in [-0.4, -0.2) is 17.2 Å². The number of hydrogen-bond acceptors (Lipinski definition) is 0. The van der Waals surface area contributed by atoms with Gasteiger partial charge in [-0.1, -0.05) is 26.7 Å². The molecule has 0 saturated heterocycles. The monoisotopic (exact) mass is 773 g/mol. The lowest BCUT2D eigenvalue weighted by Crippen LogP contribution is -3.06. The molecule has 0 aromatic heterocycles. The van der Waals surface area contributed by atoms with Crippen molar-refractivity contribution in [3.05, 3.63) is 118 Å². The van der Waals surface area contributed by atoms with Gasteiger partial charge in [0.2, 0.25) is 0 Å². The van der Waals surface area contributed by atoms with E-state index in [4.69, 9.17) is 0 Å². The topological polar surface area (TPSA) is 16.6 Å². The van der Waals surface area contributed by atoms with E-state index in [0.717, 1.165) is 0 Å². The molecule has 6 rings (SSSR count). The summed E-state index contributed by atoms with van der Waals surface area (Å²) in [5.41, 5.74) is -7.34. The van der Waals surface area contributed by atoms with Gasteiger partial charge >= 0.3 is 0 Å². The molecule has 4 aromatic rings. The Morgan fingerprint density at radius 2 is 0.611 bits per heavy atom. The summed E-state index contributed by atoms with van der Waals surface area (Å²) in [6.07, 6.45) is 12.1. The van der Waals surface area contributed by atoms with Crippen LogP contribution in [0.4, 0.5) is 52.7 Å². The minimum Gasteiger partial charge on any atom is -0.337 e. The molecule has 2 N–H and O–H groups in total. The van der Waals surface area contributed by atoms with Crippen molar-refractivity contribution in [1.29, 1.82) is 0 Å². The Labute approximate surface area is 306 Å². The van der Waals surface area contributed by atoms with E-state index >= 15 is 35.1 Å². The first-order valence-electron chi connectivity index (χ1n) is 18.2. The van der Waals surface area contributed by atoms with E-state index in [1.165, 1.54) is 77.0 Å². The van der Waals surface area contributed by atoms with Gasteiger partial charge in [-0.15, -0.1) is 21.9 Å². The van der Waals surface area contributed by atoms with Crippen molar-refractivity contribution in [2.75, 3.05) is 0 Å². The molecule has 0 aliphatic heterocycles. The summed E-state index contributed by atoms with van der Waals surface area (Å²) in [6, 6.07) is 0.641. The quantitative estimate of drug-likeness (QED) is 0.105. The molecule has 4 aromatic carbocycles. The molecule has 1 nitrogen and oxygen atoms in total. The predicted octanol–water partition coefficient (Wildman–Crippen LogP) is 8.51.